The molecule has 0 aromatic heterocycles. The van der Waals surface area contributed by atoms with Gasteiger partial charge >= 0.3 is 0 Å². The van der Waals surface area contributed by atoms with Gasteiger partial charge in [0.2, 0.25) is 11.8 Å². The minimum absolute atomic E-state index is 0.139. The van der Waals surface area contributed by atoms with E-state index in [1.807, 2.05) is 15.9 Å². The molecule has 3 saturated heterocycles. The molecule has 0 N–H and O–H groups in total. The lowest BCUT2D eigenvalue weighted by Crippen LogP contribution is -2.44. The molecule has 0 radical (unpaired) electrons. The Hall–Kier alpha value is -1.97. The molecule has 0 spiro atoms. The van der Waals surface area contributed by atoms with Crippen LogP contribution in [0.4, 0.5) is 0 Å². The zero-order valence-corrected chi connectivity index (χ0v) is 22.3. The van der Waals surface area contributed by atoms with Crippen LogP contribution in [0, 0.1) is 11.8 Å². The van der Waals surface area contributed by atoms with Crippen LogP contribution in [0.5, 0.6) is 0 Å². The smallest absolute Gasteiger partial charge is 0.264 e. The Morgan fingerprint density at radius 2 is 1.25 bits per heavy atom. The second-order valence-electron chi connectivity index (χ2n) is 10.8. The van der Waals surface area contributed by atoms with E-state index in [1.54, 1.807) is 0 Å². The Balaban J connectivity index is 1.11. The molecule has 1 aromatic carbocycles. The van der Waals surface area contributed by atoms with Crippen molar-refractivity contribution < 1.29 is 22.2 Å². The van der Waals surface area contributed by atoms with E-state index in [0.29, 0.717) is 50.6 Å². The molecule has 3 heterocycles. The molecule has 0 bridgehead atoms. The molecule has 3 aliphatic heterocycles. The molecule has 36 heavy (non-hydrogen) atoms. The highest BCUT2D eigenvalue weighted by Crippen LogP contribution is 2.27. The zero-order chi connectivity index (χ0) is 25.5. The summed E-state index contributed by atoms with van der Waals surface area (Å²) in [5, 5.41) is 0. The summed E-state index contributed by atoms with van der Waals surface area (Å²) in [7, 11) is -3.46. The van der Waals surface area contributed by atoms with Crippen LogP contribution >= 0.6 is 0 Å². The standard InChI is InChI=1S/C27H41N3O5S/c1-36(33,34)35-25-11-17-30(18-12-25)27(32)20-23-9-15-29(16-10-23)26(31)19-22-7-13-28(14-8-22)21-24-5-3-2-4-6-24/h2-6,22-23,25H,7-21H2,1H3. The molecule has 0 saturated carbocycles. The first-order valence-electron chi connectivity index (χ1n) is 13.5. The third kappa shape index (κ3) is 8.28. The minimum atomic E-state index is -3.46. The lowest BCUT2D eigenvalue weighted by Gasteiger charge is -2.36. The van der Waals surface area contributed by atoms with Crippen molar-refractivity contribution in [2.45, 2.75) is 64.0 Å². The van der Waals surface area contributed by atoms with Gasteiger partial charge in [-0.3, -0.25) is 18.7 Å². The molecule has 0 unspecified atom stereocenters. The number of rotatable bonds is 8. The number of benzene rings is 1. The van der Waals surface area contributed by atoms with Crippen LogP contribution in [0.1, 0.15) is 56.9 Å². The number of nitrogens with zero attached hydrogens (tertiary/aromatic N) is 3. The van der Waals surface area contributed by atoms with Crippen molar-refractivity contribution in [1.82, 2.24) is 14.7 Å². The van der Waals surface area contributed by atoms with Gasteiger partial charge in [-0.2, -0.15) is 8.42 Å². The maximum absolute atomic E-state index is 12.9. The summed E-state index contributed by atoms with van der Waals surface area (Å²) in [5.41, 5.74) is 1.35. The molecule has 2 amide bonds. The molecular weight excluding hydrogens is 478 g/mol. The maximum atomic E-state index is 12.9. The van der Waals surface area contributed by atoms with Crippen LogP contribution in [0.2, 0.25) is 0 Å². The van der Waals surface area contributed by atoms with E-state index in [1.165, 1.54) is 5.56 Å². The van der Waals surface area contributed by atoms with Gasteiger partial charge in [0.1, 0.15) is 0 Å². The maximum Gasteiger partial charge on any atom is 0.264 e. The average Bonchev–Trinajstić information content (AvgIpc) is 2.86. The quantitative estimate of drug-likeness (QED) is 0.491. The van der Waals surface area contributed by atoms with Gasteiger partial charge in [0.15, 0.2) is 0 Å². The highest BCUT2D eigenvalue weighted by Gasteiger charge is 2.30. The van der Waals surface area contributed by atoms with Crippen LogP contribution in [0.3, 0.4) is 0 Å². The highest BCUT2D eigenvalue weighted by atomic mass is 32.2. The van der Waals surface area contributed by atoms with Crippen molar-refractivity contribution in [2.24, 2.45) is 11.8 Å². The van der Waals surface area contributed by atoms with Crippen molar-refractivity contribution >= 4 is 21.9 Å². The van der Waals surface area contributed by atoms with E-state index in [4.69, 9.17) is 4.18 Å². The molecule has 0 aliphatic carbocycles. The lowest BCUT2D eigenvalue weighted by atomic mass is 9.90. The van der Waals surface area contributed by atoms with E-state index < -0.39 is 10.1 Å². The van der Waals surface area contributed by atoms with Gasteiger partial charge in [-0.25, -0.2) is 0 Å². The van der Waals surface area contributed by atoms with E-state index in [9.17, 15) is 18.0 Å². The number of carbonyl (C=O) groups excluding carboxylic acids is 2. The fourth-order valence-electron chi connectivity index (χ4n) is 5.78. The number of hydrogen-bond acceptors (Lipinski definition) is 6. The fourth-order valence-corrected chi connectivity index (χ4v) is 6.46. The third-order valence-corrected chi connectivity index (χ3v) is 8.58. The Morgan fingerprint density at radius 3 is 1.75 bits per heavy atom. The van der Waals surface area contributed by atoms with Gasteiger partial charge in [-0.15, -0.1) is 0 Å². The van der Waals surface area contributed by atoms with Gasteiger partial charge in [0.05, 0.1) is 12.4 Å². The summed E-state index contributed by atoms with van der Waals surface area (Å²) in [6.45, 7) is 5.66. The van der Waals surface area contributed by atoms with Crippen molar-refractivity contribution in [1.29, 1.82) is 0 Å². The molecule has 3 fully saturated rings. The molecule has 9 heteroatoms. The molecule has 3 aliphatic rings. The van der Waals surface area contributed by atoms with Crippen LogP contribution in [0.25, 0.3) is 0 Å². The zero-order valence-electron chi connectivity index (χ0n) is 21.5. The SMILES string of the molecule is CS(=O)(=O)OC1CCN(C(=O)CC2CCN(C(=O)CC3CCN(Cc4ccccc4)CC3)CC2)CC1. The first-order chi connectivity index (χ1) is 17.2. The molecule has 8 nitrogen and oxygen atoms in total. The van der Waals surface area contributed by atoms with Crippen molar-refractivity contribution in [2.75, 3.05) is 45.5 Å². The van der Waals surface area contributed by atoms with E-state index in [-0.39, 0.29) is 17.9 Å². The van der Waals surface area contributed by atoms with Crippen LogP contribution in [0.15, 0.2) is 30.3 Å². The molecule has 4 rings (SSSR count). The van der Waals surface area contributed by atoms with Crippen LogP contribution in [-0.4, -0.2) is 86.6 Å². The summed E-state index contributed by atoms with van der Waals surface area (Å²) in [6, 6.07) is 10.6. The Labute approximate surface area is 216 Å². The van der Waals surface area contributed by atoms with Crippen molar-refractivity contribution in [3.8, 4) is 0 Å². The molecular formula is C27H41N3O5S. The normalized spacial score (nSPS) is 21.6. The van der Waals surface area contributed by atoms with Crippen LogP contribution in [-0.2, 0) is 30.4 Å². The predicted molar refractivity (Wildman–Crippen MR) is 139 cm³/mol. The van der Waals surface area contributed by atoms with Gasteiger partial charge in [-0.05, 0) is 69.0 Å². The highest BCUT2D eigenvalue weighted by molar-refractivity contribution is 7.86. The number of hydrogen-bond donors (Lipinski definition) is 0. The van der Waals surface area contributed by atoms with Crippen molar-refractivity contribution in [3.63, 3.8) is 0 Å². The fraction of sp³-hybridized carbons (Fsp3) is 0.704. The van der Waals surface area contributed by atoms with E-state index >= 15 is 0 Å². The van der Waals surface area contributed by atoms with E-state index in [0.717, 1.165) is 64.7 Å². The Bertz CT molecular complexity index is 962. The number of piperidine rings is 3. The predicted octanol–water partition coefficient (Wildman–Crippen LogP) is 2.88. The van der Waals surface area contributed by atoms with Gasteiger partial charge in [-0.1, -0.05) is 30.3 Å². The largest absolute Gasteiger partial charge is 0.343 e. The second kappa shape index (κ2) is 12.5. The minimum Gasteiger partial charge on any atom is -0.343 e. The number of amides is 2. The van der Waals surface area contributed by atoms with Gasteiger partial charge < -0.3 is 9.80 Å². The topological polar surface area (TPSA) is 87.2 Å². The third-order valence-electron chi connectivity index (χ3n) is 7.96. The second-order valence-corrected chi connectivity index (χ2v) is 12.4. The van der Waals surface area contributed by atoms with Crippen molar-refractivity contribution in [3.05, 3.63) is 35.9 Å². The monoisotopic (exact) mass is 519 g/mol. The van der Waals surface area contributed by atoms with Gasteiger partial charge in [0, 0.05) is 45.6 Å². The number of carbonyl (C=O) groups is 2. The molecule has 1 aromatic rings. The summed E-state index contributed by atoms with van der Waals surface area (Å²) in [6.07, 6.45) is 6.92. The lowest BCUT2D eigenvalue weighted by molar-refractivity contribution is -0.135. The van der Waals surface area contributed by atoms with Crippen LogP contribution < -0.4 is 0 Å². The first-order valence-corrected chi connectivity index (χ1v) is 15.3. The summed E-state index contributed by atoms with van der Waals surface area (Å²) < 4.78 is 27.7. The number of likely N-dealkylation sites (tertiary alicyclic amines) is 3. The Kier molecular flexibility index (Phi) is 9.41. The summed E-state index contributed by atoms with van der Waals surface area (Å²) in [5.74, 6) is 1.19. The van der Waals surface area contributed by atoms with E-state index in [2.05, 4.69) is 29.2 Å². The molecule has 0 atom stereocenters. The first kappa shape index (κ1) is 27.1. The Morgan fingerprint density at radius 1 is 0.778 bits per heavy atom. The average molecular weight is 520 g/mol. The summed E-state index contributed by atoms with van der Waals surface area (Å²) in [4.78, 5) is 32.0. The van der Waals surface area contributed by atoms with Gasteiger partial charge in [0.25, 0.3) is 10.1 Å². The molecule has 200 valence electrons. The summed E-state index contributed by atoms with van der Waals surface area (Å²) >= 11 is 0.